The molecule has 25 heavy (non-hydrogen) atoms. The molecule has 0 saturated carbocycles. The molecule has 0 radical (unpaired) electrons. The molecule has 0 saturated heterocycles. The first-order valence-electron chi connectivity index (χ1n) is 8.28. The van der Waals surface area contributed by atoms with E-state index >= 15 is 0 Å². The molecule has 6 nitrogen and oxygen atoms in total. The molecule has 0 spiro atoms. The second kappa shape index (κ2) is 7.14. The van der Waals surface area contributed by atoms with Crippen LogP contribution in [0.5, 0.6) is 0 Å². The molecule has 3 N–H and O–H groups in total. The van der Waals surface area contributed by atoms with Crippen LogP contribution in [0.2, 0.25) is 0 Å². The monoisotopic (exact) mass is 355 g/mol. The third-order valence-corrected chi connectivity index (χ3v) is 4.44. The van der Waals surface area contributed by atoms with Crippen LogP contribution < -0.4 is 16.0 Å². The highest BCUT2D eigenvalue weighted by Crippen LogP contribution is 2.14. The Morgan fingerprint density at radius 2 is 1.80 bits per heavy atom. The number of aromatic nitrogens is 2. The van der Waals surface area contributed by atoms with E-state index in [-0.39, 0.29) is 0 Å². The number of benzene rings is 1. The van der Waals surface area contributed by atoms with Gasteiger partial charge in [0.05, 0.1) is 18.8 Å². The molecular weight excluding hydrogens is 332 g/mol. The van der Waals surface area contributed by atoms with Gasteiger partial charge >= 0.3 is 5.96 Å². The lowest BCUT2D eigenvalue weighted by Gasteiger charge is -2.10. The minimum Gasteiger partial charge on any atom is -0.294 e. The van der Waals surface area contributed by atoms with Crippen molar-refractivity contribution in [2.24, 2.45) is 0 Å². The van der Waals surface area contributed by atoms with Gasteiger partial charge in [-0.1, -0.05) is 6.07 Å². The van der Waals surface area contributed by atoms with Gasteiger partial charge in [0.2, 0.25) is 0 Å². The van der Waals surface area contributed by atoms with Crippen LogP contribution in [-0.2, 0) is 0 Å². The maximum Gasteiger partial charge on any atom is 0.317 e. The van der Waals surface area contributed by atoms with Gasteiger partial charge in [0.25, 0.3) is 11.1 Å². The summed E-state index contributed by atoms with van der Waals surface area (Å²) < 4.78 is 1.99. The van der Waals surface area contributed by atoms with Crippen LogP contribution in [0.3, 0.4) is 0 Å². The molecule has 0 aliphatic carbocycles. The Morgan fingerprint density at radius 3 is 2.48 bits per heavy atom. The van der Waals surface area contributed by atoms with Gasteiger partial charge in [0.1, 0.15) is 0 Å². The van der Waals surface area contributed by atoms with E-state index in [1.54, 1.807) is 0 Å². The lowest BCUT2D eigenvalue weighted by molar-refractivity contribution is -0.391. The van der Waals surface area contributed by atoms with Crippen molar-refractivity contribution in [2.45, 2.75) is 27.7 Å². The number of anilines is 2. The number of rotatable bonds is 2. The SMILES string of the molecule is Cc1cc(C)nc(NC2=[N+](C(=S)Nc3ccc(C)c(C)c3)CCN2)n1. The molecule has 0 atom stereocenters. The fourth-order valence-corrected chi connectivity index (χ4v) is 3.01. The molecule has 1 aliphatic rings. The van der Waals surface area contributed by atoms with Crippen LogP contribution in [-0.4, -0.2) is 38.7 Å². The zero-order valence-corrected chi connectivity index (χ0v) is 15.8. The summed E-state index contributed by atoms with van der Waals surface area (Å²) in [5.41, 5.74) is 5.34. The molecular formula is C18H23N6S+. The van der Waals surface area contributed by atoms with Crippen LogP contribution in [0.25, 0.3) is 0 Å². The summed E-state index contributed by atoms with van der Waals surface area (Å²) in [5, 5.41) is 10.5. The van der Waals surface area contributed by atoms with Crippen LogP contribution in [0.15, 0.2) is 24.3 Å². The van der Waals surface area contributed by atoms with Gasteiger partial charge in [-0.05, 0) is 69.2 Å². The number of thiocarbonyl (C=S) groups is 1. The Morgan fingerprint density at radius 1 is 1.08 bits per heavy atom. The number of guanidine groups is 1. The van der Waals surface area contributed by atoms with E-state index in [0.29, 0.717) is 11.1 Å². The Bertz CT molecular complexity index is 838. The van der Waals surface area contributed by atoms with E-state index in [2.05, 4.69) is 51.9 Å². The van der Waals surface area contributed by atoms with Gasteiger partial charge in [-0.25, -0.2) is 19.9 Å². The smallest absolute Gasteiger partial charge is 0.294 e. The van der Waals surface area contributed by atoms with Crippen molar-refractivity contribution in [3.05, 3.63) is 46.8 Å². The Balaban J connectivity index is 1.79. The molecule has 0 bridgehead atoms. The third kappa shape index (κ3) is 4.11. The lowest BCUT2D eigenvalue weighted by atomic mass is 10.1. The van der Waals surface area contributed by atoms with E-state index in [1.807, 2.05) is 30.6 Å². The van der Waals surface area contributed by atoms with E-state index < -0.39 is 0 Å². The summed E-state index contributed by atoms with van der Waals surface area (Å²) in [6.45, 7) is 9.69. The molecule has 3 rings (SSSR count). The molecule has 1 aromatic heterocycles. The predicted octanol–water partition coefficient (Wildman–Crippen LogP) is 2.49. The summed E-state index contributed by atoms with van der Waals surface area (Å²) in [7, 11) is 0. The molecule has 1 aromatic carbocycles. The maximum atomic E-state index is 5.59. The molecule has 0 unspecified atom stereocenters. The topological polar surface area (TPSA) is 64.9 Å². The fourth-order valence-electron chi connectivity index (χ4n) is 2.71. The quantitative estimate of drug-likeness (QED) is 0.568. The van der Waals surface area contributed by atoms with Gasteiger partial charge in [0.15, 0.2) is 0 Å². The van der Waals surface area contributed by atoms with Gasteiger partial charge in [-0.15, -0.1) is 0 Å². The highest BCUT2D eigenvalue weighted by Gasteiger charge is 2.23. The molecule has 7 heteroatoms. The summed E-state index contributed by atoms with van der Waals surface area (Å²) >= 11 is 5.59. The number of nitrogens with one attached hydrogen (secondary N) is 3. The third-order valence-electron chi connectivity index (χ3n) is 4.11. The van der Waals surface area contributed by atoms with Gasteiger partial charge < -0.3 is 0 Å². The highest BCUT2D eigenvalue weighted by atomic mass is 32.1. The minimum absolute atomic E-state index is 0.570. The second-order valence-corrected chi connectivity index (χ2v) is 6.64. The fraction of sp³-hybridized carbons (Fsp3) is 0.333. The van der Waals surface area contributed by atoms with Gasteiger partial charge in [0, 0.05) is 11.4 Å². The molecule has 130 valence electrons. The van der Waals surface area contributed by atoms with Crippen molar-refractivity contribution in [1.29, 1.82) is 0 Å². The zero-order chi connectivity index (χ0) is 18.0. The number of nitrogens with zero attached hydrogens (tertiary/aromatic N) is 3. The van der Waals surface area contributed by atoms with Crippen molar-refractivity contribution in [3.8, 4) is 0 Å². The van der Waals surface area contributed by atoms with E-state index in [4.69, 9.17) is 12.2 Å². The average molecular weight is 355 g/mol. The molecule has 0 fully saturated rings. The highest BCUT2D eigenvalue weighted by molar-refractivity contribution is 7.80. The molecule has 2 aromatic rings. The normalized spacial score (nSPS) is 13.6. The van der Waals surface area contributed by atoms with E-state index in [1.165, 1.54) is 11.1 Å². The molecule has 2 heterocycles. The second-order valence-electron chi connectivity index (χ2n) is 6.26. The van der Waals surface area contributed by atoms with Crippen LogP contribution in [0, 0.1) is 27.7 Å². The first kappa shape index (κ1) is 17.3. The van der Waals surface area contributed by atoms with Crippen molar-refractivity contribution < 1.29 is 4.58 Å². The number of hydrogen-bond donors (Lipinski definition) is 3. The van der Waals surface area contributed by atoms with Crippen molar-refractivity contribution >= 4 is 34.9 Å². The van der Waals surface area contributed by atoms with E-state index in [0.717, 1.165) is 36.1 Å². The van der Waals surface area contributed by atoms with Gasteiger partial charge in [-0.2, -0.15) is 0 Å². The summed E-state index contributed by atoms with van der Waals surface area (Å²) in [4.78, 5) is 8.85. The van der Waals surface area contributed by atoms with E-state index in [9.17, 15) is 0 Å². The van der Waals surface area contributed by atoms with Crippen molar-refractivity contribution in [2.75, 3.05) is 23.7 Å². The molecule has 1 aliphatic heterocycles. The lowest BCUT2D eigenvalue weighted by Crippen LogP contribution is -2.36. The van der Waals surface area contributed by atoms with Crippen LogP contribution in [0.1, 0.15) is 22.5 Å². The maximum absolute atomic E-state index is 5.59. The standard InChI is InChI=1S/C18H22N6S/c1-11-5-6-15(9-12(11)2)22-18(25)24-8-7-19-17(24)23-16-20-13(3)10-14(4)21-16/h5-6,9-10H,7-8H2,1-4H3,(H2,19,20,21,22,23,25)/p+1. The predicted molar refractivity (Wildman–Crippen MR) is 105 cm³/mol. The number of aryl methyl sites for hydroxylation is 4. The van der Waals surface area contributed by atoms with Crippen LogP contribution in [0.4, 0.5) is 11.6 Å². The Labute approximate surface area is 153 Å². The minimum atomic E-state index is 0.570. The number of hydrogen-bond acceptors (Lipinski definition) is 5. The Hall–Kier alpha value is -2.54. The zero-order valence-electron chi connectivity index (χ0n) is 15.0. The molecule has 0 amide bonds. The first-order chi connectivity index (χ1) is 11.9. The first-order valence-corrected chi connectivity index (χ1v) is 8.69. The average Bonchev–Trinajstić information content (AvgIpc) is 2.98. The Kier molecular flexibility index (Phi) is 4.94. The van der Waals surface area contributed by atoms with Gasteiger partial charge in [-0.3, -0.25) is 10.6 Å². The largest absolute Gasteiger partial charge is 0.317 e. The summed E-state index contributed by atoms with van der Waals surface area (Å²) in [5.74, 6) is 1.37. The summed E-state index contributed by atoms with van der Waals surface area (Å²) in [6, 6.07) is 8.18. The summed E-state index contributed by atoms with van der Waals surface area (Å²) in [6.07, 6.45) is 0. The van der Waals surface area contributed by atoms with Crippen LogP contribution >= 0.6 is 12.2 Å². The van der Waals surface area contributed by atoms with Crippen molar-refractivity contribution in [3.63, 3.8) is 0 Å². The van der Waals surface area contributed by atoms with Crippen molar-refractivity contribution in [1.82, 2.24) is 15.3 Å².